The highest BCUT2D eigenvalue weighted by molar-refractivity contribution is 6.33. The van der Waals surface area contributed by atoms with Crippen LogP contribution in [0.25, 0.3) is 5.57 Å². The number of carbonyl (C=O) groups is 1. The lowest BCUT2D eigenvalue weighted by atomic mass is 9.88. The molecule has 0 saturated carbocycles. The van der Waals surface area contributed by atoms with Crippen LogP contribution in [0.5, 0.6) is 0 Å². The maximum Gasteiger partial charge on any atom is 0.338 e. The van der Waals surface area contributed by atoms with Gasteiger partial charge >= 0.3 is 5.97 Å². The van der Waals surface area contributed by atoms with Gasteiger partial charge in [0.2, 0.25) is 0 Å². The van der Waals surface area contributed by atoms with Crippen LogP contribution < -0.4 is 4.90 Å². The fraction of sp³-hybridized carbons (Fsp3) is 0.333. The number of allylic oxidation sites excluding steroid dienone is 1. The zero-order chi connectivity index (χ0) is 21.2. The second kappa shape index (κ2) is 8.42. The van der Waals surface area contributed by atoms with Crippen LogP contribution in [0.15, 0.2) is 47.5 Å². The normalized spacial score (nSPS) is 15.2. The quantitative estimate of drug-likeness (QED) is 0.429. The Labute approximate surface area is 177 Å². The number of anilines is 1. The number of hydrogen-bond acceptors (Lipinski definition) is 4. The zero-order valence-corrected chi connectivity index (χ0v) is 18.4. The maximum absolute atomic E-state index is 11.9. The minimum Gasteiger partial charge on any atom is -0.462 e. The monoisotopic (exact) mass is 410 g/mol. The Morgan fingerprint density at radius 2 is 2.00 bits per heavy atom. The molecule has 3 rings (SSSR count). The lowest BCUT2D eigenvalue weighted by Gasteiger charge is -2.43. The number of ether oxygens (including phenoxy) is 1. The Kier molecular flexibility index (Phi) is 6.13. The Hall–Kier alpha value is -2.59. The smallest absolute Gasteiger partial charge is 0.338 e. The average molecular weight is 411 g/mol. The fourth-order valence-electron chi connectivity index (χ4n) is 3.86. The number of halogens is 1. The molecule has 0 atom stereocenters. The van der Waals surface area contributed by atoms with Gasteiger partial charge in [0, 0.05) is 29.6 Å². The molecule has 2 aromatic carbocycles. The van der Waals surface area contributed by atoms with Gasteiger partial charge in [0.15, 0.2) is 0 Å². The molecule has 1 aliphatic rings. The van der Waals surface area contributed by atoms with Crippen molar-refractivity contribution in [1.82, 2.24) is 0 Å². The van der Waals surface area contributed by atoms with Gasteiger partial charge in [0.1, 0.15) is 0 Å². The second-order valence-corrected chi connectivity index (χ2v) is 8.05. The van der Waals surface area contributed by atoms with Crippen molar-refractivity contribution in [2.24, 2.45) is 4.99 Å². The third kappa shape index (κ3) is 4.38. The van der Waals surface area contributed by atoms with Crippen molar-refractivity contribution in [3.05, 3.63) is 64.2 Å². The average Bonchev–Trinajstić information content (AvgIpc) is 2.67. The standard InChI is InChI=1S/C24H27ClN2O2/c1-6-27-22-13-21(25)18(12-20(22)16(3)14-24(27,4)5)15-26-19-10-8-9-17(11-19)23(28)29-7-2/h8-15H,6-7H2,1-5H3. The number of nitrogens with zero attached hydrogens (tertiary/aromatic N) is 2. The van der Waals surface area contributed by atoms with E-state index in [0.717, 1.165) is 23.4 Å². The van der Waals surface area contributed by atoms with Gasteiger partial charge in [-0.2, -0.15) is 0 Å². The number of esters is 1. The first-order chi connectivity index (χ1) is 13.8. The van der Waals surface area contributed by atoms with Gasteiger partial charge in [-0.05, 0) is 70.5 Å². The third-order valence-corrected chi connectivity index (χ3v) is 5.45. The number of carbonyl (C=O) groups excluding carboxylic acids is 1. The van der Waals surface area contributed by atoms with Crippen molar-refractivity contribution in [2.45, 2.75) is 40.2 Å². The Bertz CT molecular complexity index is 992. The Morgan fingerprint density at radius 3 is 2.69 bits per heavy atom. The first kappa shape index (κ1) is 21.1. The minimum absolute atomic E-state index is 0.0572. The van der Waals surface area contributed by atoms with Gasteiger partial charge in [0.05, 0.1) is 28.4 Å². The zero-order valence-electron chi connectivity index (χ0n) is 17.6. The van der Waals surface area contributed by atoms with Crippen molar-refractivity contribution in [2.75, 3.05) is 18.1 Å². The molecule has 5 heteroatoms. The van der Waals surface area contributed by atoms with Gasteiger partial charge in [-0.25, -0.2) is 4.79 Å². The van der Waals surface area contributed by atoms with E-state index in [0.29, 0.717) is 22.9 Å². The van der Waals surface area contributed by atoms with E-state index in [1.165, 1.54) is 5.57 Å². The summed E-state index contributed by atoms with van der Waals surface area (Å²) in [6, 6.07) is 11.2. The predicted octanol–water partition coefficient (Wildman–Crippen LogP) is 6.29. The highest BCUT2D eigenvalue weighted by Gasteiger charge is 2.30. The highest BCUT2D eigenvalue weighted by Crippen LogP contribution is 2.41. The van der Waals surface area contributed by atoms with Gasteiger partial charge in [-0.1, -0.05) is 23.7 Å². The summed E-state index contributed by atoms with van der Waals surface area (Å²) in [6.45, 7) is 11.7. The van der Waals surface area contributed by atoms with E-state index < -0.39 is 0 Å². The molecule has 29 heavy (non-hydrogen) atoms. The maximum atomic E-state index is 11.9. The molecule has 0 aromatic heterocycles. The third-order valence-electron chi connectivity index (χ3n) is 5.12. The number of likely N-dealkylation sites (N-methyl/N-ethyl adjacent to an activating group) is 1. The molecule has 1 aliphatic heterocycles. The van der Waals surface area contributed by atoms with Crippen molar-refractivity contribution >= 4 is 40.7 Å². The number of rotatable bonds is 5. The van der Waals surface area contributed by atoms with Crippen molar-refractivity contribution in [3.63, 3.8) is 0 Å². The molecule has 2 aromatic rings. The molecule has 0 unspecified atom stereocenters. The van der Waals surface area contributed by atoms with Crippen LogP contribution in [-0.2, 0) is 4.74 Å². The van der Waals surface area contributed by atoms with E-state index in [-0.39, 0.29) is 11.5 Å². The molecular formula is C24H27ClN2O2. The van der Waals surface area contributed by atoms with Crippen LogP contribution in [0.3, 0.4) is 0 Å². The predicted molar refractivity (Wildman–Crippen MR) is 122 cm³/mol. The van der Waals surface area contributed by atoms with Crippen molar-refractivity contribution < 1.29 is 9.53 Å². The summed E-state index contributed by atoms with van der Waals surface area (Å²) < 4.78 is 5.05. The summed E-state index contributed by atoms with van der Waals surface area (Å²) in [5, 5.41) is 0.651. The second-order valence-electron chi connectivity index (χ2n) is 7.65. The highest BCUT2D eigenvalue weighted by atomic mass is 35.5. The van der Waals surface area contributed by atoms with Gasteiger partial charge < -0.3 is 9.64 Å². The van der Waals surface area contributed by atoms with Crippen LogP contribution in [0.1, 0.15) is 56.1 Å². The summed E-state index contributed by atoms with van der Waals surface area (Å²) in [6.07, 6.45) is 4.03. The molecule has 0 bridgehead atoms. The van der Waals surface area contributed by atoms with Crippen LogP contribution in [0.2, 0.25) is 5.02 Å². The number of hydrogen-bond donors (Lipinski definition) is 0. The summed E-state index contributed by atoms with van der Waals surface area (Å²) >= 11 is 6.60. The van der Waals surface area contributed by atoms with E-state index in [9.17, 15) is 4.79 Å². The Morgan fingerprint density at radius 1 is 1.24 bits per heavy atom. The molecule has 1 heterocycles. The lowest BCUT2D eigenvalue weighted by molar-refractivity contribution is 0.0526. The minimum atomic E-state index is -0.348. The molecule has 0 aliphatic carbocycles. The van der Waals surface area contributed by atoms with Crippen LogP contribution in [0.4, 0.5) is 11.4 Å². The fourth-order valence-corrected chi connectivity index (χ4v) is 4.07. The number of fused-ring (bicyclic) bond motifs is 1. The molecule has 152 valence electrons. The molecular weight excluding hydrogens is 384 g/mol. The molecule has 0 radical (unpaired) electrons. The molecule has 4 nitrogen and oxygen atoms in total. The first-order valence-corrected chi connectivity index (χ1v) is 10.3. The van der Waals surface area contributed by atoms with E-state index in [1.54, 1.807) is 31.3 Å². The van der Waals surface area contributed by atoms with E-state index in [2.05, 4.69) is 49.7 Å². The van der Waals surface area contributed by atoms with E-state index in [1.807, 2.05) is 12.1 Å². The van der Waals surface area contributed by atoms with Gasteiger partial charge in [0.25, 0.3) is 0 Å². The molecule has 0 N–H and O–H groups in total. The van der Waals surface area contributed by atoms with Crippen LogP contribution in [-0.4, -0.2) is 30.9 Å². The summed E-state index contributed by atoms with van der Waals surface area (Å²) in [7, 11) is 0. The van der Waals surface area contributed by atoms with Crippen LogP contribution >= 0.6 is 11.6 Å². The lowest BCUT2D eigenvalue weighted by Crippen LogP contribution is -2.44. The topological polar surface area (TPSA) is 41.9 Å². The summed E-state index contributed by atoms with van der Waals surface area (Å²) in [5.74, 6) is -0.348. The van der Waals surface area contributed by atoms with Gasteiger partial charge in [-0.3, -0.25) is 4.99 Å². The Balaban J connectivity index is 1.95. The molecule has 0 fully saturated rings. The van der Waals surface area contributed by atoms with Crippen molar-refractivity contribution in [3.8, 4) is 0 Å². The largest absolute Gasteiger partial charge is 0.462 e. The van der Waals surface area contributed by atoms with Gasteiger partial charge in [-0.15, -0.1) is 0 Å². The molecule has 0 saturated heterocycles. The van der Waals surface area contributed by atoms with Crippen molar-refractivity contribution in [1.29, 1.82) is 0 Å². The summed E-state index contributed by atoms with van der Waals surface area (Å²) in [4.78, 5) is 18.8. The van der Waals surface area contributed by atoms with E-state index >= 15 is 0 Å². The SMILES string of the molecule is CCOC(=O)c1cccc(N=Cc2cc3c(cc2Cl)N(CC)C(C)(C)C=C3C)c1. The molecule has 0 spiro atoms. The number of aliphatic imine (C=N–C) groups is 1. The first-order valence-electron chi connectivity index (χ1n) is 9.89. The van der Waals surface area contributed by atoms with E-state index in [4.69, 9.17) is 16.3 Å². The summed E-state index contributed by atoms with van der Waals surface area (Å²) in [5.41, 5.74) is 5.48. The number of benzene rings is 2. The molecule has 0 amide bonds. The van der Waals surface area contributed by atoms with Crippen LogP contribution in [0, 0.1) is 0 Å².